The van der Waals surface area contributed by atoms with Gasteiger partial charge in [0.15, 0.2) is 0 Å². The van der Waals surface area contributed by atoms with Crippen LogP contribution >= 0.6 is 0 Å². The van der Waals surface area contributed by atoms with Gasteiger partial charge < -0.3 is 15.5 Å². The van der Waals surface area contributed by atoms with Gasteiger partial charge in [0.2, 0.25) is 0 Å². The van der Waals surface area contributed by atoms with Crippen molar-refractivity contribution in [1.82, 2.24) is 10.6 Å². The van der Waals surface area contributed by atoms with E-state index >= 15 is 0 Å². The first-order valence-electron chi connectivity index (χ1n) is 11.5. The Kier molecular flexibility index (Phi) is 7.96. The molecule has 170 valence electrons. The van der Waals surface area contributed by atoms with Gasteiger partial charge >= 0.3 is 6.03 Å². The summed E-state index contributed by atoms with van der Waals surface area (Å²) in [4.78, 5) is 12.7. The predicted molar refractivity (Wildman–Crippen MR) is 122 cm³/mol. The lowest BCUT2D eigenvalue weighted by atomic mass is 9.99. The molecule has 0 heterocycles. The minimum Gasteiger partial charge on any atom is -0.496 e. The molecule has 3 rings (SSSR count). The second-order valence-corrected chi connectivity index (χ2v) is 8.70. The van der Waals surface area contributed by atoms with Crippen LogP contribution in [-0.4, -0.2) is 29.2 Å². The number of hydrogen-bond acceptors (Lipinski definition) is 5. The van der Waals surface area contributed by atoms with Crippen molar-refractivity contribution in [2.45, 2.75) is 78.6 Å². The van der Waals surface area contributed by atoms with Gasteiger partial charge in [-0.25, -0.2) is 10.2 Å². The van der Waals surface area contributed by atoms with E-state index in [0.29, 0.717) is 23.5 Å². The van der Waals surface area contributed by atoms with Crippen molar-refractivity contribution in [2.24, 2.45) is 5.92 Å². The number of benzene rings is 1. The lowest BCUT2D eigenvalue weighted by molar-refractivity contribution is -0.0840. The summed E-state index contributed by atoms with van der Waals surface area (Å²) in [6.45, 7) is 6.57. The highest BCUT2D eigenvalue weighted by atomic mass is 16.5. The second-order valence-electron chi connectivity index (χ2n) is 8.70. The highest BCUT2D eigenvalue weighted by Gasteiger charge is 2.25. The van der Waals surface area contributed by atoms with E-state index in [1.165, 1.54) is 22.3 Å². The Morgan fingerprint density at radius 3 is 2.48 bits per heavy atom. The largest absolute Gasteiger partial charge is 0.496 e. The van der Waals surface area contributed by atoms with E-state index in [2.05, 4.69) is 30.7 Å². The molecular weight excluding hydrogens is 392 g/mol. The van der Waals surface area contributed by atoms with Crippen LogP contribution in [0.4, 0.5) is 10.5 Å². The summed E-state index contributed by atoms with van der Waals surface area (Å²) in [7, 11) is 0. The molecule has 7 nitrogen and oxygen atoms in total. The van der Waals surface area contributed by atoms with E-state index in [-0.39, 0.29) is 5.70 Å². The van der Waals surface area contributed by atoms with E-state index in [0.717, 1.165) is 69.7 Å². The summed E-state index contributed by atoms with van der Waals surface area (Å²) in [5.41, 5.74) is 8.53. The molecule has 0 aliphatic heterocycles. The molecule has 1 aromatic rings. The summed E-state index contributed by atoms with van der Waals surface area (Å²) in [6, 6.07) is 1.78. The number of hydroxylamine groups is 1. The van der Waals surface area contributed by atoms with Crippen LogP contribution in [0.1, 0.15) is 75.1 Å². The first-order chi connectivity index (χ1) is 14.9. The predicted octanol–water partition coefficient (Wildman–Crippen LogP) is 5.12. The molecule has 0 bridgehead atoms. The maximum Gasteiger partial charge on any atom is 0.339 e. The molecule has 2 aliphatic rings. The van der Waals surface area contributed by atoms with Crippen LogP contribution in [0.2, 0.25) is 0 Å². The maximum absolute atomic E-state index is 12.7. The number of fused-ring (bicyclic) bond motifs is 2. The highest BCUT2D eigenvalue weighted by molar-refractivity contribution is 5.92. The van der Waals surface area contributed by atoms with E-state index < -0.39 is 6.03 Å². The van der Waals surface area contributed by atoms with Gasteiger partial charge in [-0.3, -0.25) is 5.21 Å². The van der Waals surface area contributed by atoms with Crippen molar-refractivity contribution in [2.75, 3.05) is 11.9 Å². The van der Waals surface area contributed by atoms with Crippen LogP contribution in [0, 0.1) is 11.3 Å². The molecule has 2 amide bonds. The Bertz CT molecular complexity index is 817. The molecule has 0 saturated heterocycles. The normalized spacial score (nSPS) is 16.1. The van der Waals surface area contributed by atoms with Gasteiger partial charge in [0.1, 0.15) is 11.5 Å². The summed E-state index contributed by atoms with van der Waals surface area (Å²) in [5.74, 6) is 1.04. The number of anilines is 1. The average Bonchev–Trinajstić information content (AvgIpc) is 3.40. The van der Waals surface area contributed by atoms with Crippen LogP contribution in [0.3, 0.4) is 0 Å². The lowest BCUT2D eigenvalue weighted by Gasteiger charge is -2.22. The molecule has 4 N–H and O–H groups in total. The van der Waals surface area contributed by atoms with E-state index in [4.69, 9.17) is 10.1 Å². The third-order valence-corrected chi connectivity index (χ3v) is 6.50. The Hall–Kier alpha value is -2.54. The van der Waals surface area contributed by atoms with Gasteiger partial charge in [0, 0.05) is 11.9 Å². The Morgan fingerprint density at radius 2 is 1.90 bits per heavy atom. The van der Waals surface area contributed by atoms with E-state index in [9.17, 15) is 10.0 Å². The molecule has 0 spiro atoms. The molecule has 0 radical (unpaired) electrons. The SMILES string of the molecule is CC[C@@H](C)CCCO/C(C)=C(/C=N)N(O)NC(=O)Nc1c2c(cc3c1CCC3)CCC2. The zero-order chi connectivity index (χ0) is 22.4. The third kappa shape index (κ3) is 5.58. The number of rotatable bonds is 10. The second kappa shape index (κ2) is 10.7. The number of nitrogens with zero attached hydrogens (tertiary/aromatic N) is 1. The Balaban J connectivity index is 1.62. The standard InChI is InChI=1S/C24H36N4O3/c1-4-16(2)8-7-13-31-17(3)22(15-25)28(30)27-24(29)26-23-20-11-5-9-18(20)14-19-10-6-12-21(19)23/h14-16,25,30H,4-13H2,1-3H3,(H2,26,27,29)/b22-17-,25-15?/t16-/m1/s1. The zero-order valence-electron chi connectivity index (χ0n) is 19.0. The molecule has 0 unspecified atom stereocenters. The quantitative estimate of drug-likeness (QED) is 0.180. The average molecular weight is 429 g/mol. The fraction of sp³-hybridized carbons (Fsp3) is 0.583. The van der Waals surface area contributed by atoms with E-state index in [1.807, 2.05) is 0 Å². The number of ether oxygens (including phenoxy) is 1. The molecule has 0 fully saturated rings. The van der Waals surface area contributed by atoms with Crippen molar-refractivity contribution >= 4 is 17.9 Å². The number of amides is 2. The molecule has 2 aliphatic carbocycles. The maximum atomic E-state index is 12.7. The number of nitrogens with one attached hydrogen (secondary N) is 3. The van der Waals surface area contributed by atoms with Gasteiger partial charge in [0.05, 0.1) is 6.61 Å². The third-order valence-electron chi connectivity index (χ3n) is 6.50. The van der Waals surface area contributed by atoms with E-state index in [1.54, 1.807) is 6.92 Å². The lowest BCUT2D eigenvalue weighted by Crippen LogP contribution is -2.42. The van der Waals surface area contributed by atoms with Gasteiger partial charge in [-0.05, 0) is 86.5 Å². The van der Waals surface area contributed by atoms with Gasteiger partial charge in [0.25, 0.3) is 0 Å². The molecule has 0 aromatic heterocycles. The summed E-state index contributed by atoms with van der Waals surface area (Å²) >= 11 is 0. The number of hydrogen-bond donors (Lipinski definition) is 4. The minimum absolute atomic E-state index is 0.0993. The number of urea groups is 1. The first-order valence-corrected chi connectivity index (χ1v) is 11.5. The minimum atomic E-state index is -0.527. The van der Waals surface area contributed by atoms with Crippen LogP contribution in [0.25, 0.3) is 0 Å². The van der Waals surface area contributed by atoms with Crippen molar-refractivity contribution in [1.29, 1.82) is 5.41 Å². The first kappa shape index (κ1) is 23.1. The highest BCUT2D eigenvalue weighted by Crippen LogP contribution is 2.38. The van der Waals surface area contributed by atoms with Gasteiger partial charge in [-0.2, -0.15) is 5.17 Å². The van der Waals surface area contributed by atoms with Crippen molar-refractivity contribution < 1.29 is 14.7 Å². The Morgan fingerprint density at radius 1 is 1.26 bits per heavy atom. The number of allylic oxidation sites excluding steroid dienone is 2. The van der Waals surface area contributed by atoms with Crippen LogP contribution in [0.5, 0.6) is 0 Å². The summed E-state index contributed by atoms with van der Waals surface area (Å²) in [6.07, 6.45) is 10.3. The van der Waals surface area contributed by atoms with Gasteiger partial charge in [-0.15, -0.1) is 0 Å². The smallest absolute Gasteiger partial charge is 0.339 e. The topological polar surface area (TPSA) is 97.7 Å². The van der Waals surface area contributed by atoms with Crippen LogP contribution in [0.15, 0.2) is 17.5 Å². The number of carbonyl (C=O) groups excluding carboxylic acids is 1. The van der Waals surface area contributed by atoms with Crippen molar-refractivity contribution in [3.63, 3.8) is 0 Å². The number of aryl methyl sites for hydroxylation is 2. The number of carbonyl (C=O) groups is 1. The van der Waals surface area contributed by atoms with Crippen molar-refractivity contribution in [3.8, 4) is 0 Å². The van der Waals surface area contributed by atoms with Crippen molar-refractivity contribution in [3.05, 3.63) is 39.8 Å². The van der Waals surface area contributed by atoms with Crippen LogP contribution < -0.4 is 10.7 Å². The van der Waals surface area contributed by atoms with Crippen LogP contribution in [-0.2, 0) is 30.4 Å². The molecule has 0 saturated carbocycles. The summed E-state index contributed by atoms with van der Waals surface area (Å²) in [5, 5.41) is 21.5. The Labute approximate surface area is 185 Å². The molecule has 1 aromatic carbocycles. The molecular formula is C24H36N4O3. The fourth-order valence-corrected chi connectivity index (χ4v) is 4.51. The molecule has 7 heteroatoms. The number of hydrazine groups is 1. The van der Waals surface area contributed by atoms with Gasteiger partial charge in [-0.1, -0.05) is 26.3 Å². The zero-order valence-corrected chi connectivity index (χ0v) is 19.0. The molecule has 1 atom stereocenters. The monoisotopic (exact) mass is 428 g/mol. The molecule has 31 heavy (non-hydrogen) atoms. The fourth-order valence-electron chi connectivity index (χ4n) is 4.51. The summed E-state index contributed by atoms with van der Waals surface area (Å²) < 4.78 is 5.69.